The second-order valence-corrected chi connectivity index (χ2v) is 7.50. The highest BCUT2D eigenvalue weighted by molar-refractivity contribution is 5.97. The van der Waals surface area contributed by atoms with Gasteiger partial charge >= 0.3 is 18.1 Å². The third kappa shape index (κ3) is 4.75. The molecule has 0 saturated carbocycles. The molecule has 184 valence electrons. The topological polar surface area (TPSA) is 120 Å². The van der Waals surface area contributed by atoms with Crippen molar-refractivity contribution in [2.45, 2.75) is 12.7 Å². The number of hydrogen-bond donors (Lipinski definition) is 2. The van der Waals surface area contributed by atoms with Gasteiger partial charge in [-0.2, -0.15) is 13.2 Å². The molecular weight excluding hydrogens is 471 g/mol. The highest BCUT2D eigenvalue weighted by Crippen LogP contribution is 2.36. The summed E-state index contributed by atoms with van der Waals surface area (Å²) in [6, 6.07) is 5.38. The Morgan fingerprint density at radius 1 is 1.20 bits per heavy atom. The number of alkyl halides is 3. The number of rotatable bonds is 7. The minimum absolute atomic E-state index is 0.116. The van der Waals surface area contributed by atoms with Crippen molar-refractivity contribution >= 4 is 34.0 Å². The fourth-order valence-corrected chi connectivity index (χ4v) is 3.63. The molecule has 0 aliphatic rings. The summed E-state index contributed by atoms with van der Waals surface area (Å²) < 4.78 is 53.0. The van der Waals surface area contributed by atoms with Crippen LogP contribution in [-0.4, -0.2) is 58.4 Å². The van der Waals surface area contributed by atoms with Gasteiger partial charge in [-0.3, -0.25) is 4.79 Å². The monoisotopic (exact) mass is 491 g/mol. The number of pyridine rings is 2. The van der Waals surface area contributed by atoms with Gasteiger partial charge in [-0.25, -0.2) is 14.8 Å². The van der Waals surface area contributed by atoms with E-state index in [1.807, 2.05) is 29.9 Å². The van der Waals surface area contributed by atoms with E-state index in [0.29, 0.717) is 22.8 Å². The van der Waals surface area contributed by atoms with Crippen LogP contribution in [0.15, 0.2) is 30.6 Å². The zero-order valence-electron chi connectivity index (χ0n) is 18.8. The van der Waals surface area contributed by atoms with Crippen molar-refractivity contribution in [1.82, 2.24) is 24.8 Å². The summed E-state index contributed by atoms with van der Waals surface area (Å²) in [4.78, 5) is 34.4. The van der Waals surface area contributed by atoms with E-state index in [9.17, 15) is 22.8 Å². The zero-order valence-corrected chi connectivity index (χ0v) is 18.8. The van der Waals surface area contributed by atoms with Gasteiger partial charge in [0.15, 0.2) is 5.75 Å². The number of carbonyl (C=O) groups is 2. The lowest BCUT2D eigenvalue weighted by Crippen LogP contribution is -2.32. The minimum Gasteiger partial charge on any atom is -0.491 e. The number of aromatic nitrogens is 4. The lowest BCUT2D eigenvalue weighted by molar-refractivity contribution is -0.201. The third-order valence-electron chi connectivity index (χ3n) is 5.24. The number of halogens is 3. The molecule has 13 heteroatoms. The summed E-state index contributed by atoms with van der Waals surface area (Å²) >= 11 is 0. The first kappa shape index (κ1) is 24.0. The van der Waals surface area contributed by atoms with Crippen molar-refractivity contribution in [3.8, 4) is 22.9 Å². The molecule has 0 spiro atoms. The number of esters is 2. The van der Waals surface area contributed by atoms with E-state index in [0.717, 1.165) is 27.7 Å². The van der Waals surface area contributed by atoms with Gasteiger partial charge in [-0.15, -0.1) is 0 Å². The maximum Gasteiger partial charge on any atom is 0.491 e. The number of nitrogens with zero attached hydrogens (tertiary/aromatic N) is 3. The normalized spacial score (nSPS) is 11.7. The summed E-state index contributed by atoms with van der Waals surface area (Å²) in [5.74, 6) is -3.06. The Morgan fingerprint density at radius 2 is 1.97 bits per heavy atom. The number of fused-ring (bicyclic) bond motifs is 2. The highest BCUT2D eigenvalue weighted by Gasteiger charge is 2.42. The molecule has 4 heterocycles. The second kappa shape index (κ2) is 9.25. The largest absolute Gasteiger partial charge is 0.491 e. The Hall–Kier alpha value is -4.13. The van der Waals surface area contributed by atoms with Gasteiger partial charge in [0.1, 0.15) is 11.2 Å². The number of methoxy groups -OCH3 is 2. The molecule has 4 rings (SSSR count). The molecule has 0 aromatic carbocycles. The quantitative estimate of drug-likeness (QED) is 0.299. The van der Waals surface area contributed by atoms with Crippen molar-refractivity contribution in [1.29, 1.82) is 0 Å². The van der Waals surface area contributed by atoms with Crippen LogP contribution in [0.4, 0.5) is 13.2 Å². The molecule has 10 nitrogen and oxygen atoms in total. The molecule has 0 saturated heterocycles. The number of nitrogens with one attached hydrogen (secondary N) is 2. The van der Waals surface area contributed by atoms with E-state index in [4.69, 9.17) is 9.47 Å². The molecule has 0 fully saturated rings. The van der Waals surface area contributed by atoms with Crippen LogP contribution in [0, 0.1) is 0 Å². The second-order valence-electron chi connectivity index (χ2n) is 7.50. The van der Waals surface area contributed by atoms with Crippen LogP contribution in [-0.2, 0) is 27.9 Å². The molecule has 4 aromatic rings. The number of hydrogen-bond acceptors (Lipinski definition) is 8. The molecule has 0 aliphatic heterocycles. The summed E-state index contributed by atoms with van der Waals surface area (Å²) in [7, 11) is 4.90. The van der Waals surface area contributed by atoms with E-state index in [-0.39, 0.29) is 6.54 Å². The molecule has 0 atom stereocenters. The molecule has 0 unspecified atom stereocenters. The maximum absolute atomic E-state index is 12.2. The van der Waals surface area contributed by atoms with Gasteiger partial charge in [0.05, 0.1) is 32.0 Å². The van der Waals surface area contributed by atoms with Crippen LogP contribution in [0.1, 0.15) is 5.56 Å². The fourth-order valence-electron chi connectivity index (χ4n) is 3.63. The predicted molar refractivity (Wildman–Crippen MR) is 118 cm³/mol. The van der Waals surface area contributed by atoms with Crippen LogP contribution in [0.3, 0.4) is 0 Å². The van der Waals surface area contributed by atoms with Crippen LogP contribution < -0.4 is 14.8 Å². The molecular formula is C22H20F3N5O5. The fraction of sp³-hybridized carbons (Fsp3) is 0.273. The van der Waals surface area contributed by atoms with E-state index >= 15 is 0 Å². The van der Waals surface area contributed by atoms with Gasteiger partial charge in [-0.05, 0) is 17.7 Å². The first-order chi connectivity index (χ1) is 16.6. The average Bonchev–Trinajstić information content (AvgIpc) is 3.38. The zero-order chi connectivity index (χ0) is 25.3. The smallest absolute Gasteiger partial charge is 0.491 e. The lowest BCUT2D eigenvalue weighted by atomic mass is 10.1. The van der Waals surface area contributed by atoms with E-state index in [2.05, 4.69) is 25.0 Å². The van der Waals surface area contributed by atoms with Crippen LogP contribution in [0.5, 0.6) is 11.6 Å². The van der Waals surface area contributed by atoms with Crippen LogP contribution >= 0.6 is 0 Å². The minimum atomic E-state index is -5.24. The average molecular weight is 491 g/mol. The Kier molecular flexibility index (Phi) is 6.35. The Morgan fingerprint density at radius 3 is 2.66 bits per heavy atom. The van der Waals surface area contributed by atoms with Crippen molar-refractivity contribution < 1.29 is 37.0 Å². The lowest BCUT2D eigenvalue weighted by Gasteiger charge is -2.07. The molecule has 35 heavy (non-hydrogen) atoms. The number of carbonyl (C=O) groups excluding carboxylic acids is 2. The Labute approximate surface area is 196 Å². The van der Waals surface area contributed by atoms with Crippen LogP contribution in [0.25, 0.3) is 33.3 Å². The van der Waals surface area contributed by atoms with Crippen LogP contribution in [0.2, 0.25) is 0 Å². The number of aromatic amines is 1. The number of ether oxygens (including phenoxy) is 3. The SMILES string of the molecule is COc1cc2c(nc1OC)c(-c1cc3c(CNCC(=O)OC(=O)C(F)(F)F)ccnc3[nH]1)cn2C. The molecule has 0 radical (unpaired) electrons. The summed E-state index contributed by atoms with van der Waals surface area (Å²) in [6.07, 6.45) is -1.78. The van der Waals surface area contributed by atoms with Gasteiger partial charge in [0.2, 0.25) is 0 Å². The maximum atomic E-state index is 12.2. The Balaban J connectivity index is 1.58. The highest BCUT2D eigenvalue weighted by atomic mass is 19.4. The van der Waals surface area contributed by atoms with Crippen molar-refractivity contribution in [2.75, 3.05) is 20.8 Å². The van der Waals surface area contributed by atoms with Gasteiger partial charge in [0.25, 0.3) is 5.88 Å². The molecule has 0 bridgehead atoms. The third-order valence-corrected chi connectivity index (χ3v) is 5.24. The van der Waals surface area contributed by atoms with Gasteiger partial charge in [-0.1, -0.05) is 0 Å². The molecule has 4 aromatic heterocycles. The van der Waals surface area contributed by atoms with Gasteiger partial charge < -0.3 is 29.1 Å². The van der Waals surface area contributed by atoms with Crippen molar-refractivity contribution in [2.24, 2.45) is 7.05 Å². The Bertz CT molecular complexity index is 1430. The molecule has 0 aliphatic carbocycles. The summed E-state index contributed by atoms with van der Waals surface area (Å²) in [5, 5.41) is 3.41. The molecule has 2 N–H and O–H groups in total. The van der Waals surface area contributed by atoms with E-state index < -0.39 is 24.7 Å². The standard InChI is InChI=1S/C22H20F3N5O5/c1-30-10-13(18-15(30)7-16(33-2)20(29-18)34-3)14-6-12-11(4-5-27-19(12)28-14)8-26-9-17(31)35-21(32)22(23,24)25/h4-7,10,26H,8-9H2,1-3H3,(H,27,28). The summed E-state index contributed by atoms with van der Waals surface area (Å²) in [6.45, 7) is -0.470. The first-order valence-corrected chi connectivity index (χ1v) is 10.2. The van der Waals surface area contributed by atoms with Gasteiger partial charge in [0, 0.05) is 43.0 Å². The van der Waals surface area contributed by atoms with Crippen molar-refractivity contribution in [3.05, 3.63) is 36.2 Å². The predicted octanol–water partition coefficient (Wildman–Crippen LogP) is 2.86. The number of aryl methyl sites for hydroxylation is 1. The van der Waals surface area contributed by atoms with Crippen molar-refractivity contribution in [3.63, 3.8) is 0 Å². The summed E-state index contributed by atoms with van der Waals surface area (Å²) in [5.41, 5.74) is 4.29. The number of H-pyrrole nitrogens is 1. The molecule has 0 amide bonds. The van der Waals surface area contributed by atoms with E-state index in [1.165, 1.54) is 14.2 Å². The van der Waals surface area contributed by atoms with E-state index in [1.54, 1.807) is 12.3 Å². The first-order valence-electron chi connectivity index (χ1n) is 10.2.